The van der Waals surface area contributed by atoms with Crippen LogP contribution in [0.1, 0.15) is 66.0 Å². The average molecular weight is 377 g/mol. The number of rotatable bonds is 3. The Morgan fingerprint density at radius 3 is 2.63 bits per heavy atom. The smallest absolute Gasteiger partial charge is 0.307 e. The first-order valence-electron chi connectivity index (χ1n) is 9.49. The van der Waals surface area contributed by atoms with Crippen molar-refractivity contribution in [2.75, 3.05) is 11.4 Å². The molecule has 27 heavy (non-hydrogen) atoms. The Labute approximate surface area is 156 Å². The number of alkyl halides is 3. The Bertz CT molecular complexity index is 866. The van der Waals surface area contributed by atoms with Crippen molar-refractivity contribution in [1.29, 1.82) is 0 Å². The summed E-state index contributed by atoms with van der Waals surface area (Å²) in [5.74, 6) is -0.241. The molecule has 4 nitrogen and oxygen atoms in total. The van der Waals surface area contributed by atoms with Crippen LogP contribution in [0.3, 0.4) is 0 Å². The standard InChI is InChI=1S/C20H22F3N3O/c1-2-17-16-10-11-25(15-9-5-6-13(12-15)20(21,22)23)19(27)18(16)26(24-17)14-7-3-4-8-14/h5-6,9,12,14H,2-4,7-8,10-11H2,1H3. The highest BCUT2D eigenvalue weighted by molar-refractivity contribution is 6.07. The van der Waals surface area contributed by atoms with E-state index in [0.29, 0.717) is 18.7 Å². The van der Waals surface area contributed by atoms with Gasteiger partial charge in [0.25, 0.3) is 5.91 Å². The van der Waals surface area contributed by atoms with Crippen LogP contribution in [0.15, 0.2) is 24.3 Å². The normalized spacial score (nSPS) is 18.2. The topological polar surface area (TPSA) is 38.1 Å². The predicted octanol–water partition coefficient (Wildman–Crippen LogP) is 4.78. The molecule has 0 atom stereocenters. The zero-order valence-corrected chi connectivity index (χ0v) is 15.2. The maximum absolute atomic E-state index is 13.3. The van der Waals surface area contributed by atoms with Gasteiger partial charge in [-0.15, -0.1) is 0 Å². The molecule has 1 aromatic heterocycles. The molecular weight excluding hydrogens is 355 g/mol. The number of aryl methyl sites for hydroxylation is 1. The molecule has 2 aliphatic rings. The number of anilines is 1. The summed E-state index contributed by atoms with van der Waals surface area (Å²) in [7, 11) is 0. The Hall–Kier alpha value is -2.31. The molecule has 1 aliphatic carbocycles. The third-order valence-corrected chi connectivity index (χ3v) is 5.62. The number of amides is 1. The zero-order chi connectivity index (χ0) is 19.2. The van der Waals surface area contributed by atoms with E-state index in [2.05, 4.69) is 0 Å². The van der Waals surface area contributed by atoms with Gasteiger partial charge in [-0.25, -0.2) is 0 Å². The van der Waals surface area contributed by atoms with E-state index in [4.69, 9.17) is 5.10 Å². The lowest BCUT2D eigenvalue weighted by molar-refractivity contribution is -0.137. The number of halogens is 3. The maximum Gasteiger partial charge on any atom is 0.416 e. The molecule has 1 fully saturated rings. The third kappa shape index (κ3) is 3.13. The summed E-state index contributed by atoms with van der Waals surface area (Å²) in [5.41, 5.74) is 2.03. The molecule has 144 valence electrons. The minimum Gasteiger partial charge on any atom is -0.307 e. The van der Waals surface area contributed by atoms with Crippen molar-refractivity contribution in [2.24, 2.45) is 0 Å². The van der Waals surface area contributed by atoms with Crippen molar-refractivity contribution in [3.05, 3.63) is 46.8 Å². The average Bonchev–Trinajstić information content (AvgIpc) is 3.29. The first-order valence-corrected chi connectivity index (χ1v) is 9.49. The van der Waals surface area contributed by atoms with Crippen LogP contribution in [-0.4, -0.2) is 22.2 Å². The highest BCUT2D eigenvalue weighted by atomic mass is 19.4. The third-order valence-electron chi connectivity index (χ3n) is 5.62. The number of carbonyl (C=O) groups is 1. The zero-order valence-electron chi connectivity index (χ0n) is 15.2. The van der Waals surface area contributed by atoms with Gasteiger partial charge in [0.1, 0.15) is 5.69 Å². The number of hydrogen-bond donors (Lipinski definition) is 0. The van der Waals surface area contributed by atoms with E-state index in [1.807, 2.05) is 11.6 Å². The molecule has 0 bridgehead atoms. The summed E-state index contributed by atoms with van der Waals surface area (Å²) in [4.78, 5) is 14.7. The van der Waals surface area contributed by atoms with Crippen molar-refractivity contribution in [3.8, 4) is 0 Å². The molecule has 4 rings (SSSR count). The molecule has 7 heteroatoms. The Balaban J connectivity index is 1.74. The fraction of sp³-hybridized carbons (Fsp3) is 0.500. The first kappa shape index (κ1) is 18.1. The molecule has 1 aliphatic heterocycles. The lowest BCUT2D eigenvalue weighted by Gasteiger charge is -2.29. The van der Waals surface area contributed by atoms with Crippen molar-refractivity contribution in [2.45, 2.75) is 57.7 Å². The summed E-state index contributed by atoms with van der Waals surface area (Å²) >= 11 is 0. The molecule has 0 N–H and O–H groups in total. The monoisotopic (exact) mass is 377 g/mol. The van der Waals surface area contributed by atoms with Crippen molar-refractivity contribution in [1.82, 2.24) is 9.78 Å². The highest BCUT2D eigenvalue weighted by Crippen LogP contribution is 2.36. The molecule has 2 heterocycles. The number of aromatic nitrogens is 2. The van der Waals surface area contributed by atoms with E-state index in [1.54, 1.807) is 6.07 Å². The Morgan fingerprint density at radius 2 is 1.96 bits per heavy atom. The fourth-order valence-corrected chi connectivity index (χ4v) is 4.25. The molecule has 0 radical (unpaired) electrons. The molecule has 1 saturated carbocycles. The predicted molar refractivity (Wildman–Crippen MR) is 95.9 cm³/mol. The SMILES string of the molecule is CCc1nn(C2CCCC2)c2c1CCN(c1cccc(C(F)(F)F)c1)C2=O. The quantitative estimate of drug-likeness (QED) is 0.772. The Kier molecular flexibility index (Phi) is 4.48. The maximum atomic E-state index is 13.3. The molecular formula is C20H22F3N3O. The van der Waals surface area contributed by atoms with Crippen LogP contribution in [0.5, 0.6) is 0 Å². The van der Waals surface area contributed by atoms with Crippen LogP contribution in [0.2, 0.25) is 0 Å². The van der Waals surface area contributed by atoms with E-state index >= 15 is 0 Å². The van der Waals surface area contributed by atoms with Crippen molar-refractivity contribution >= 4 is 11.6 Å². The van der Waals surface area contributed by atoms with Gasteiger partial charge in [0.05, 0.1) is 17.3 Å². The van der Waals surface area contributed by atoms with Gasteiger partial charge in [-0.3, -0.25) is 9.48 Å². The molecule has 1 aromatic carbocycles. The minimum atomic E-state index is -4.43. The molecule has 2 aromatic rings. The van der Waals surface area contributed by atoms with Gasteiger partial charge in [0, 0.05) is 17.8 Å². The highest BCUT2D eigenvalue weighted by Gasteiger charge is 2.36. The minimum absolute atomic E-state index is 0.212. The lowest BCUT2D eigenvalue weighted by Crippen LogP contribution is -2.39. The second kappa shape index (κ2) is 6.69. The molecule has 1 amide bonds. The fourth-order valence-electron chi connectivity index (χ4n) is 4.25. The second-order valence-electron chi connectivity index (χ2n) is 7.27. The van der Waals surface area contributed by atoms with Crippen molar-refractivity contribution in [3.63, 3.8) is 0 Å². The van der Waals surface area contributed by atoms with Crippen LogP contribution in [0.25, 0.3) is 0 Å². The van der Waals surface area contributed by atoms with E-state index < -0.39 is 11.7 Å². The van der Waals surface area contributed by atoms with Crippen LogP contribution in [0, 0.1) is 0 Å². The summed E-state index contributed by atoms with van der Waals surface area (Å²) in [6, 6.07) is 5.22. The molecule has 0 spiro atoms. The summed E-state index contributed by atoms with van der Waals surface area (Å²) in [6.45, 7) is 2.39. The summed E-state index contributed by atoms with van der Waals surface area (Å²) < 4.78 is 41.1. The van der Waals surface area contributed by atoms with Gasteiger partial charge >= 0.3 is 6.18 Å². The van der Waals surface area contributed by atoms with Gasteiger partial charge < -0.3 is 4.90 Å². The van der Waals surface area contributed by atoms with Gasteiger partial charge in [0.15, 0.2) is 0 Å². The largest absolute Gasteiger partial charge is 0.416 e. The van der Waals surface area contributed by atoms with Gasteiger partial charge in [-0.2, -0.15) is 18.3 Å². The number of benzene rings is 1. The number of carbonyl (C=O) groups excluding carboxylic acids is 1. The van der Waals surface area contributed by atoms with Gasteiger partial charge in [-0.05, 0) is 43.9 Å². The van der Waals surface area contributed by atoms with Crippen LogP contribution < -0.4 is 4.90 Å². The molecule has 0 unspecified atom stereocenters. The van der Waals surface area contributed by atoms with Gasteiger partial charge in [-0.1, -0.05) is 25.8 Å². The molecule has 0 saturated heterocycles. The number of fused-ring (bicyclic) bond motifs is 1. The van der Waals surface area contributed by atoms with Crippen LogP contribution >= 0.6 is 0 Å². The van der Waals surface area contributed by atoms with E-state index in [9.17, 15) is 18.0 Å². The second-order valence-corrected chi connectivity index (χ2v) is 7.27. The van der Waals surface area contributed by atoms with Gasteiger partial charge in [0.2, 0.25) is 0 Å². The van der Waals surface area contributed by atoms with E-state index in [0.717, 1.165) is 55.5 Å². The number of hydrogen-bond acceptors (Lipinski definition) is 2. The lowest BCUT2D eigenvalue weighted by atomic mass is 10.0. The number of nitrogens with zero attached hydrogens (tertiary/aromatic N) is 3. The van der Waals surface area contributed by atoms with E-state index in [-0.39, 0.29) is 17.6 Å². The van der Waals surface area contributed by atoms with E-state index in [1.165, 1.54) is 11.0 Å². The van der Waals surface area contributed by atoms with Crippen LogP contribution in [0.4, 0.5) is 18.9 Å². The Morgan fingerprint density at radius 1 is 1.22 bits per heavy atom. The van der Waals surface area contributed by atoms with Crippen LogP contribution in [-0.2, 0) is 19.0 Å². The summed E-state index contributed by atoms with van der Waals surface area (Å²) in [5, 5.41) is 4.72. The first-order chi connectivity index (χ1) is 12.9. The van der Waals surface area contributed by atoms with Crippen molar-refractivity contribution < 1.29 is 18.0 Å². The summed E-state index contributed by atoms with van der Waals surface area (Å²) in [6.07, 6.45) is 1.16.